The summed E-state index contributed by atoms with van der Waals surface area (Å²) in [6.45, 7) is 2.49. The van der Waals surface area contributed by atoms with Crippen molar-refractivity contribution in [3.8, 4) is 5.75 Å². The number of nitrogens with one attached hydrogen (secondary N) is 2. The number of nitrogens with zero attached hydrogens (tertiary/aromatic N) is 1. The maximum absolute atomic E-state index is 13.2. The average Bonchev–Trinajstić information content (AvgIpc) is 2.87. The Morgan fingerprint density at radius 1 is 1.09 bits per heavy atom. The van der Waals surface area contributed by atoms with Crippen molar-refractivity contribution in [3.63, 3.8) is 0 Å². The highest BCUT2D eigenvalue weighted by atomic mass is 35.5. The van der Waals surface area contributed by atoms with Crippen LogP contribution in [0, 0.1) is 0 Å². The van der Waals surface area contributed by atoms with E-state index < -0.39 is 6.04 Å². The van der Waals surface area contributed by atoms with Crippen LogP contribution < -0.4 is 15.4 Å². The number of amides is 2. The molecular formula is C26H34ClN3O3S. The zero-order valence-corrected chi connectivity index (χ0v) is 21.5. The minimum atomic E-state index is -0.630. The number of likely N-dealkylation sites (tertiary alicyclic amines) is 1. The van der Waals surface area contributed by atoms with E-state index >= 15 is 0 Å². The van der Waals surface area contributed by atoms with Crippen LogP contribution in [0.5, 0.6) is 5.75 Å². The number of carbonyl (C=O) groups is 2. The normalized spacial score (nSPS) is 15.9. The number of halogens is 1. The summed E-state index contributed by atoms with van der Waals surface area (Å²) >= 11 is 7.83. The smallest absolute Gasteiger partial charge is 0.253 e. The van der Waals surface area contributed by atoms with Crippen molar-refractivity contribution < 1.29 is 14.3 Å². The van der Waals surface area contributed by atoms with Gasteiger partial charge in [-0.3, -0.25) is 14.5 Å². The Balaban J connectivity index is 1.70. The van der Waals surface area contributed by atoms with E-state index in [-0.39, 0.29) is 17.9 Å². The monoisotopic (exact) mass is 503 g/mol. The van der Waals surface area contributed by atoms with E-state index in [9.17, 15) is 9.59 Å². The molecule has 0 bridgehead atoms. The SMILES string of the molecule is COc1ccc([C@@H](CNC(=O)[C@H](CCSC)NC(=O)c2ccccc2Cl)N2CCCCC2)cc1. The van der Waals surface area contributed by atoms with Gasteiger partial charge < -0.3 is 15.4 Å². The van der Waals surface area contributed by atoms with Crippen LogP contribution in [-0.2, 0) is 4.79 Å². The lowest BCUT2D eigenvalue weighted by atomic mass is 10.0. The van der Waals surface area contributed by atoms with Crippen LogP contribution in [0.3, 0.4) is 0 Å². The summed E-state index contributed by atoms with van der Waals surface area (Å²) < 4.78 is 5.31. The first kappa shape index (κ1) is 26.4. The van der Waals surface area contributed by atoms with Gasteiger partial charge in [0.15, 0.2) is 0 Å². The third kappa shape index (κ3) is 7.39. The van der Waals surface area contributed by atoms with Crippen molar-refractivity contribution >= 4 is 35.2 Å². The van der Waals surface area contributed by atoms with Gasteiger partial charge in [-0.25, -0.2) is 0 Å². The zero-order valence-electron chi connectivity index (χ0n) is 19.9. The minimum absolute atomic E-state index is 0.0654. The molecule has 2 aromatic carbocycles. The Morgan fingerprint density at radius 2 is 1.79 bits per heavy atom. The molecule has 2 aromatic rings. The number of piperidine rings is 1. The number of benzene rings is 2. The van der Waals surface area contributed by atoms with Gasteiger partial charge in [0.2, 0.25) is 5.91 Å². The Bertz CT molecular complexity index is 935. The fourth-order valence-electron chi connectivity index (χ4n) is 4.22. The second-order valence-electron chi connectivity index (χ2n) is 8.42. The molecule has 1 aliphatic heterocycles. The van der Waals surface area contributed by atoms with Crippen molar-refractivity contribution in [2.75, 3.05) is 38.8 Å². The summed E-state index contributed by atoms with van der Waals surface area (Å²) in [7, 11) is 1.66. The Hall–Kier alpha value is -2.22. The molecule has 184 valence electrons. The molecule has 0 aromatic heterocycles. The van der Waals surface area contributed by atoms with Crippen molar-refractivity contribution in [3.05, 3.63) is 64.7 Å². The van der Waals surface area contributed by atoms with E-state index in [1.54, 1.807) is 43.1 Å². The highest BCUT2D eigenvalue weighted by molar-refractivity contribution is 7.98. The summed E-state index contributed by atoms with van der Waals surface area (Å²) in [5, 5.41) is 6.38. The Kier molecular flexibility index (Phi) is 10.6. The van der Waals surface area contributed by atoms with Crippen LogP contribution in [0.4, 0.5) is 0 Å². The van der Waals surface area contributed by atoms with Gasteiger partial charge in [0.25, 0.3) is 5.91 Å². The van der Waals surface area contributed by atoms with Gasteiger partial charge in [0, 0.05) is 6.54 Å². The molecule has 0 unspecified atom stereocenters. The minimum Gasteiger partial charge on any atom is -0.497 e. The van der Waals surface area contributed by atoms with Crippen LogP contribution in [0.2, 0.25) is 5.02 Å². The number of ether oxygens (including phenoxy) is 1. The highest BCUT2D eigenvalue weighted by Gasteiger charge is 2.26. The maximum Gasteiger partial charge on any atom is 0.253 e. The van der Waals surface area contributed by atoms with Gasteiger partial charge >= 0.3 is 0 Å². The van der Waals surface area contributed by atoms with Crippen LogP contribution in [0.25, 0.3) is 0 Å². The van der Waals surface area contributed by atoms with Crippen molar-refractivity contribution in [1.29, 1.82) is 0 Å². The molecule has 6 nitrogen and oxygen atoms in total. The lowest BCUT2D eigenvalue weighted by Gasteiger charge is -2.35. The number of hydrogen-bond acceptors (Lipinski definition) is 5. The van der Waals surface area contributed by atoms with Crippen molar-refractivity contribution in [2.45, 2.75) is 37.8 Å². The number of rotatable bonds is 11. The molecule has 2 amide bonds. The third-order valence-electron chi connectivity index (χ3n) is 6.15. The second kappa shape index (κ2) is 13.6. The van der Waals surface area contributed by atoms with Gasteiger partial charge in [-0.05, 0) is 74.2 Å². The summed E-state index contributed by atoms with van der Waals surface area (Å²) in [4.78, 5) is 28.5. The fourth-order valence-corrected chi connectivity index (χ4v) is 4.91. The first-order chi connectivity index (χ1) is 16.5. The Morgan fingerprint density at radius 3 is 2.44 bits per heavy atom. The largest absolute Gasteiger partial charge is 0.497 e. The second-order valence-corrected chi connectivity index (χ2v) is 9.81. The van der Waals surface area contributed by atoms with E-state index in [1.807, 2.05) is 18.4 Å². The molecule has 1 heterocycles. The van der Waals surface area contributed by atoms with E-state index in [1.165, 1.54) is 6.42 Å². The van der Waals surface area contributed by atoms with Gasteiger partial charge in [-0.15, -0.1) is 0 Å². The summed E-state index contributed by atoms with van der Waals surface area (Å²) in [6, 6.07) is 14.3. The first-order valence-corrected chi connectivity index (χ1v) is 13.5. The topological polar surface area (TPSA) is 70.7 Å². The molecule has 8 heteroatoms. The predicted molar refractivity (Wildman–Crippen MR) is 140 cm³/mol. The molecule has 0 radical (unpaired) electrons. The van der Waals surface area contributed by atoms with Gasteiger partial charge in [-0.2, -0.15) is 11.8 Å². The predicted octanol–water partition coefficient (Wildman–Crippen LogP) is 4.54. The highest BCUT2D eigenvalue weighted by Crippen LogP contribution is 2.26. The lowest BCUT2D eigenvalue weighted by molar-refractivity contribution is -0.123. The van der Waals surface area contributed by atoms with Crippen molar-refractivity contribution in [1.82, 2.24) is 15.5 Å². The van der Waals surface area contributed by atoms with Crippen LogP contribution in [0.1, 0.15) is 47.6 Å². The number of hydrogen-bond donors (Lipinski definition) is 2. The molecule has 0 saturated carbocycles. The molecule has 0 spiro atoms. The van der Waals surface area contributed by atoms with Crippen LogP contribution in [-0.4, -0.2) is 61.5 Å². The van der Waals surface area contributed by atoms with Gasteiger partial charge in [0.1, 0.15) is 11.8 Å². The van der Waals surface area contributed by atoms with E-state index in [0.717, 1.165) is 43.0 Å². The molecule has 1 fully saturated rings. The fraction of sp³-hybridized carbons (Fsp3) is 0.462. The molecule has 0 aliphatic carbocycles. The molecule has 1 aliphatic rings. The van der Waals surface area contributed by atoms with Crippen molar-refractivity contribution in [2.24, 2.45) is 0 Å². The standard InChI is InChI=1S/C26H34ClN3O3S/c1-33-20-12-10-19(11-13-20)24(30-15-6-3-7-16-30)18-28-26(32)23(14-17-34-2)29-25(31)21-8-4-5-9-22(21)27/h4-5,8-13,23-24H,3,6-7,14-18H2,1-2H3,(H,28,32)(H,29,31)/t23-,24+/m0/s1. The maximum atomic E-state index is 13.2. The zero-order chi connectivity index (χ0) is 24.3. The number of carbonyl (C=O) groups excluding carboxylic acids is 2. The molecule has 3 rings (SSSR count). The Labute approximate surface area is 211 Å². The van der Waals surface area contributed by atoms with Crippen LogP contribution >= 0.6 is 23.4 Å². The quantitative estimate of drug-likeness (QED) is 0.471. The number of methoxy groups -OCH3 is 1. The van der Waals surface area contributed by atoms with Gasteiger partial charge in [0.05, 0.1) is 23.7 Å². The van der Waals surface area contributed by atoms with Gasteiger partial charge in [-0.1, -0.05) is 42.3 Å². The summed E-state index contributed by atoms with van der Waals surface area (Å²) in [6.07, 6.45) is 6.08. The van der Waals surface area contributed by atoms with E-state index in [2.05, 4.69) is 27.7 Å². The lowest BCUT2D eigenvalue weighted by Crippen LogP contribution is -2.49. The van der Waals surface area contributed by atoms with Crippen LogP contribution in [0.15, 0.2) is 48.5 Å². The molecular weight excluding hydrogens is 470 g/mol. The molecule has 2 atom stereocenters. The summed E-state index contributed by atoms with van der Waals surface area (Å²) in [5.41, 5.74) is 1.51. The van der Waals surface area contributed by atoms with E-state index in [0.29, 0.717) is 23.6 Å². The average molecular weight is 504 g/mol. The third-order valence-corrected chi connectivity index (χ3v) is 7.13. The molecule has 1 saturated heterocycles. The molecule has 2 N–H and O–H groups in total. The first-order valence-electron chi connectivity index (χ1n) is 11.7. The number of thioether (sulfide) groups is 1. The molecule has 34 heavy (non-hydrogen) atoms. The summed E-state index contributed by atoms with van der Waals surface area (Å²) in [5.74, 6) is 1.05. The van der Waals surface area contributed by atoms with E-state index in [4.69, 9.17) is 16.3 Å².